The Bertz CT molecular complexity index is 1110. The van der Waals surface area contributed by atoms with Crippen LogP contribution in [0.25, 0.3) is 10.9 Å². The number of H-pyrrole nitrogens is 1. The first-order valence-electron chi connectivity index (χ1n) is 10.4. The fraction of sp³-hybridized carbons (Fsp3) is 0.476. The van der Waals surface area contributed by atoms with Gasteiger partial charge in [0.05, 0.1) is 17.2 Å². The van der Waals surface area contributed by atoms with Crippen LogP contribution >= 0.6 is 0 Å². The van der Waals surface area contributed by atoms with E-state index in [0.29, 0.717) is 35.6 Å². The van der Waals surface area contributed by atoms with Crippen molar-refractivity contribution in [2.75, 3.05) is 31.1 Å². The molecule has 0 unspecified atom stereocenters. The van der Waals surface area contributed by atoms with Crippen LogP contribution in [0.2, 0.25) is 0 Å². The third-order valence-electron chi connectivity index (χ3n) is 5.79. The van der Waals surface area contributed by atoms with E-state index in [0.717, 1.165) is 31.6 Å². The molecule has 1 fully saturated rings. The molecule has 0 atom stereocenters. The number of fused-ring (bicyclic) bond motifs is 1. The lowest BCUT2D eigenvalue weighted by atomic mass is 9.92. The van der Waals surface area contributed by atoms with Crippen LogP contribution in [0, 0.1) is 0 Å². The Morgan fingerprint density at radius 1 is 1.23 bits per heavy atom. The molecule has 1 aliphatic rings. The molecule has 1 amide bonds. The highest BCUT2D eigenvalue weighted by Crippen LogP contribution is 2.28. The number of amides is 1. The van der Waals surface area contributed by atoms with Gasteiger partial charge in [-0.15, -0.1) is 0 Å². The molecule has 0 saturated carbocycles. The number of anilines is 1. The monoisotopic (exact) mass is 409 g/mol. The van der Waals surface area contributed by atoms with E-state index >= 15 is 0 Å². The molecule has 1 N–H and O–H groups in total. The van der Waals surface area contributed by atoms with E-state index in [4.69, 9.17) is 0 Å². The first kappa shape index (κ1) is 20.1. The number of carbonyl (C=O) groups excluding carboxylic acids is 1. The summed E-state index contributed by atoms with van der Waals surface area (Å²) in [4.78, 5) is 45.3. The Balaban J connectivity index is 1.53. The number of rotatable bonds is 5. The lowest BCUT2D eigenvalue weighted by Crippen LogP contribution is -2.38. The summed E-state index contributed by atoms with van der Waals surface area (Å²) in [7, 11) is 1.85. The molecule has 0 aliphatic carbocycles. The van der Waals surface area contributed by atoms with Crippen molar-refractivity contribution in [3.8, 4) is 0 Å². The lowest BCUT2D eigenvalue weighted by Gasteiger charge is -2.31. The van der Waals surface area contributed by atoms with Crippen molar-refractivity contribution in [2.24, 2.45) is 7.05 Å². The van der Waals surface area contributed by atoms with E-state index in [1.54, 1.807) is 23.3 Å². The number of likely N-dealkylation sites (tertiary alicyclic amines) is 1. The fourth-order valence-corrected chi connectivity index (χ4v) is 4.01. The van der Waals surface area contributed by atoms with Crippen LogP contribution in [0.3, 0.4) is 0 Å². The van der Waals surface area contributed by atoms with Gasteiger partial charge in [-0.25, -0.2) is 15.0 Å². The number of aryl methyl sites for hydroxylation is 1. The summed E-state index contributed by atoms with van der Waals surface area (Å²) in [6.07, 6.45) is 6.55. The van der Waals surface area contributed by atoms with Crippen LogP contribution in [0.5, 0.6) is 0 Å². The van der Waals surface area contributed by atoms with E-state index in [-0.39, 0.29) is 17.4 Å². The van der Waals surface area contributed by atoms with Gasteiger partial charge in [-0.1, -0.05) is 0 Å². The number of aromatic nitrogens is 5. The molecule has 0 aromatic carbocycles. The van der Waals surface area contributed by atoms with Crippen molar-refractivity contribution in [3.05, 3.63) is 46.5 Å². The number of nitrogens with zero attached hydrogens (tertiary/aromatic N) is 6. The third kappa shape index (κ3) is 3.79. The molecular weight excluding hydrogens is 382 g/mol. The van der Waals surface area contributed by atoms with Gasteiger partial charge in [-0.3, -0.25) is 9.59 Å². The van der Waals surface area contributed by atoms with Gasteiger partial charge >= 0.3 is 0 Å². The van der Waals surface area contributed by atoms with Crippen LogP contribution in [0.4, 0.5) is 5.95 Å². The van der Waals surface area contributed by atoms with E-state index in [2.05, 4.69) is 38.7 Å². The Labute approximate surface area is 174 Å². The van der Waals surface area contributed by atoms with Gasteiger partial charge in [0, 0.05) is 57.2 Å². The van der Waals surface area contributed by atoms with Gasteiger partial charge in [0.25, 0.3) is 11.5 Å². The summed E-state index contributed by atoms with van der Waals surface area (Å²) >= 11 is 0. The molecule has 1 saturated heterocycles. The third-order valence-corrected chi connectivity index (χ3v) is 5.79. The Morgan fingerprint density at radius 3 is 2.60 bits per heavy atom. The zero-order chi connectivity index (χ0) is 21.3. The molecule has 0 spiro atoms. The number of hydrogen-bond acceptors (Lipinski definition) is 6. The molecule has 0 radical (unpaired) electrons. The summed E-state index contributed by atoms with van der Waals surface area (Å²) in [5, 5.41) is 0.498. The minimum Gasteiger partial charge on any atom is -0.341 e. The maximum atomic E-state index is 12.6. The topological polar surface area (TPSA) is 100 Å². The zero-order valence-electron chi connectivity index (χ0n) is 17.6. The van der Waals surface area contributed by atoms with Crippen molar-refractivity contribution in [1.82, 2.24) is 29.4 Å². The molecule has 9 heteroatoms. The van der Waals surface area contributed by atoms with Crippen molar-refractivity contribution < 1.29 is 4.79 Å². The van der Waals surface area contributed by atoms with Crippen LogP contribution in [-0.4, -0.2) is 61.5 Å². The van der Waals surface area contributed by atoms with Crippen molar-refractivity contribution in [3.63, 3.8) is 0 Å². The standard InChI is InChI=1S/C21H27N7O2/c1-4-27(5-2)21-22-11-15-17(25-21)10-16(24-19(15)29)14-6-8-28(9-7-14)20(30)18-12-26(3)13-23-18/h10-14H,4-9H2,1-3H3,(H,24,29). The number of hydrogen-bond donors (Lipinski definition) is 1. The molecule has 3 aromatic heterocycles. The minimum atomic E-state index is -0.166. The van der Waals surface area contributed by atoms with Gasteiger partial charge < -0.3 is 19.4 Å². The average molecular weight is 409 g/mol. The van der Waals surface area contributed by atoms with E-state index in [1.165, 1.54) is 0 Å². The van der Waals surface area contributed by atoms with E-state index in [1.807, 2.05) is 18.0 Å². The molecule has 0 bridgehead atoms. The highest BCUT2D eigenvalue weighted by atomic mass is 16.2. The number of pyridine rings is 1. The minimum absolute atomic E-state index is 0.0438. The zero-order valence-corrected chi connectivity index (χ0v) is 17.6. The van der Waals surface area contributed by atoms with Crippen LogP contribution in [0.1, 0.15) is 48.8 Å². The maximum absolute atomic E-state index is 12.6. The van der Waals surface area contributed by atoms with Crippen molar-refractivity contribution >= 4 is 22.8 Å². The number of imidazole rings is 1. The van der Waals surface area contributed by atoms with Crippen LogP contribution in [-0.2, 0) is 7.05 Å². The first-order chi connectivity index (χ1) is 14.5. The second-order valence-electron chi connectivity index (χ2n) is 7.69. The smallest absolute Gasteiger partial charge is 0.274 e. The molecule has 158 valence electrons. The lowest BCUT2D eigenvalue weighted by molar-refractivity contribution is 0.0706. The molecule has 3 aromatic rings. The Morgan fingerprint density at radius 2 is 1.97 bits per heavy atom. The highest BCUT2D eigenvalue weighted by Gasteiger charge is 2.26. The number of piperidine rings is 1. The molecule has 1 aliphatic heterocycles. The fourth-order valence-electron chi connectivity index (χ4n) is 4.01. The largest absolute Gasteiger partial charge is 0.341 e. The number of nitrogens with one attached hydrogen (secondary N) is 1. The first-order valence-corrected chi connectivity index (χ1v) is 10.4. The van der Waals surface area contributed by atoms with Crippen molar-refractivity contribution in [1.29, 1.82) is 0 Å². The summed E-state index contributed by atoms with van der Waals surface area (Å²) in [6.45, 7) is 6.99. The normalized spacial score (nSPS) is 15.0. The summed E-state index contributed by atoms with van der Waals surface area (Å²) in [6, 6.07) is 1.96. The van der Waals surface area contributed by atoms with Gasteiger partial charge in [-0.05, 0) is 32.8 Å². The second-order valence-corrected chi connectivity index (χ2v) is 7.69. The molecule has 4 heterocycles. The molecule has 30 heavy (non-hydrogen) atoms. The molecule has 9 nitrogen and oxygen atoms in total. The number of carbonyl (C=O) groups is 1. The van der Waals surface area contributed by atoms with Crippen LogP contribution < -0.4 is 10.5 Å². The maximum Gasteiger partial charge on any atom is 0.274 e. The quantitative estimate of drug-likeness (QED) is 0.691. The Hall–Kier alpha value is -3.23. The summed E-state index contributed by atoms with van der Waals surface area (Å²) < 4.78 is 1.77. The van der Waals surface area contributed by atoms with E-state index in [9.17, 15) is 9.59 Å². The molecular formula is C21H27N7O2. The molecule has 4 rings (SSSR count). The Kier molecular flexibility index (Phi) is 5.52. The van der Waals surface area contributed by atoms with Crippen LogP contribution in [0.15, 0.2) is 29.6 Å². The average Bonchev–Trinajstić information content (AvgIpc) is 3.20. The predicted octanol–water partition coefficient (Wildman–Crippen LogP) is 1.92. The highest BCUT2D eigenvalue weighted by molar-refractivity contribution is 5.92. The summed E-state index contributed by atoms with van der Waals surface area (Å²) in [5.74, 6) is 0.777. The van der Waals surface area contributed by atoms with Gasteiger partial charge in [0.2, 0.25) is 5.95 Å². The van der Waals surface area contributed by atoms with Gasteiger partial charge in [-0.2, -0.15) is 0 Å². The number of aromatic amines is 1. The van der Waals surface area contributed by atoms with E-state index < -0.39 is 0 Å². The summed E-state index contributed by atoms with van der Waals surface area (Å²) in [5.41, 5.74) is 1.84. The SMILES string of the molecule is CCN(CC)c1ncc2c(=O)[nH]c(C3CCN(C(=O)c4cn(C)cn4)CC3)cc2n1. The van der Waals surface area contributed by atoms with Gasteiger partial charge in [0.1, 0.15) is 5.69 Å². The second kappa shape index (κ2) is 8.25. The van der Waals surface area contributed by atoms with Gasteiger partial charge in [0.15, 0.2) is 0 Å². The predicted molar refractivity (Wildman–Crippen MR) is 115 cm³/mol. The van der Waals surface area contributed by atoms with Crippen molar-refractivity contribution in [2.45, 2.75) is 32.6 Å².